The quantitative estimate of drug-likeness (QED) is 0.750. The molecule has 0 spiro atoms. The first kappa shape index (κ1) is 13.0. The number of urea groups is 1. The van der Waals surface area contributed by atoms with Crippen molar-refractivity contribution in [2.75, 3.05) is 5.32 Å². The molecule has 1 atom stereocenters. The van der Waals surface area contributed by atoms with E-state index in [-0.39, 0.29) is 0 Å². The maximum absolute atomic E-state index is 11.5. The van der Waals surface area contributed by atoms with Gasteiger partial charge in [0, 0.05) is 5.69 Å². The van der Waals surface area contributed by atoms with E-state index in [9.17, 15) is 9.59 Å². The summed E-state index contributed by atoms with van der Waals surface area (Å²) in [6, 6.07) is 4.18. The highest BCUT2D eigenvalue weighted by molar-refractivity contribution is 5.92. The third-order valence-corrected chi connectivity index (χ3v) is 2.20. The monoisotopic (exact) mass is 236 g/mol. The van der Waals surface area contributed by atoms with Gasteiger partial charge in [-0.25, -0.2) is 4.79 Å². The van der Waals surface area contributed by atoms with Crippen LogP contribution in [-0.2, 0) is 4.79 Å². The third kappa shape index (κ3) is 4.14. The second kappa shape index (κ2) is 5.34. The van der Waals surface area contributed by atoms with E-state index in [1.807, 2.05) is 32.0 Å². The summed E-state index contributed by atoms with van der Waals surface area (Å²) in [6.07, 6.45) is 0. The molecule has 0 aromatic heterocycles. The predicted molar refractivity (Wildman–Crippen MR) is 65.2 cm³/mol. The topological polar surface area (TPSA) is 78.4 Å². The van der Waals surface area contributed by atoms with Crippen molar-refractivity contribution in [1.29, 1.82) is 0 Å². The lowest BCUT2D eigenvalue weighted by Crippen LogP contribution is -2.40. The van der Waals surface area contributed by atoms with E-state index in [0.717, 1.165) is 11.1 Å². The fourth-order valence-corrected chi connectivity index (χ4v) is 1.47. The van der Waals surface area contributed by atoms with Gasteiger partial charge in [-0.05, 0) is 44.0 Å². The van der Waals surface area contributed by atoms with Crippen LogP contribution in [0.5, 0.6) is 0 Å². The predicted octanol–water partition coefficient (Wildman–Crippen LogP) is 1.90. The zero-order chi connectivity index (χ0) is 13.0. The van der Waals surface area contributed by atoms with Gasteiger partial charge in [0.15, 0.2) is 0 Å². The molecule has 2 amide bonds. The molecule has 0 bridgehead atoms. The van der Waals surface area contributed by atoms with Crippen molar-refractivity contribution in [1.82, 2.24) is 5.32 Å². The molecular formula is C12H16N2O3. The van der Waals surface area contributed by atoms with Gasteiger partial charge < -0.3 is 15.7 Å². The van der Waals surface area contributed by atoms with Crippen molar-refractivity contribution in [3.63, 3.8) is 0 Å². The van der Waals surface area contributed by atoms with Crippen molar-refractivity contribution >= 4 is 17.7 Å². The molecule has 1 aromatic rings. The Labute approximate surface area is 99.8 Å². The van der Waals surface area contributed by atoms with E-state index in [1.165, 1.54) is 6.92 Å². The molecular weight excluding hydrogens is 220 g/mol. The lowest BCUT2D eigenvalue weighted by atomic mass is 10.1. The van der Waals surface area contributed by atoms with Gasteiger partial charge in [0.25, 0.3) is 0 Å². The summed E-state index contributed by atoms with van der Waals surface area (Å²) in [5, 5.41) is 13.6. The maximum atomic E-state index is 11.5. The average molecular weight is 236 g/mol. The molecule has 0 saturated carbocycles. The number of benzene rings is 1. The maximum Gasteiger partial charge on any atom is 0.325 e. The molecule has 17 heavy (non-hydrogen) atoms. The Bertz CT molecular complexity index is 423. The zero-order valence-corrected chi connectivity index (χ0v) is 10.1. The normalized spacial score (nSPS) is 11.7. The lowest BCUT2D eigenvalue weighted by molar-refractivity contribution is -0.138. The van der Waals surface area contributed by atoms with Crippen molar-refractivity contribution in [3.8, 4) is 0 Å². The molecule has 0 heterocycles. The van der Waals surface area contributed by atoms with Gasteiger partial charge in [0.2, 0.25) is 0 Å². The van der Waals surface area contributed by atoms with Crippen molar-refractivity contribution < 1.29 is 14.7 Å². The molecule has 5 heteroatoms. The van der Waals surface area contributed by atoms with Crippen LogP contribution in [0, 0.1) is 13.8 Å². The number of nitrogens with one attached hydrogen (secondary N) is 2. The van der Waals surface area contributed by atoms with Crippen molar-refractivity contribution in [2.45, 2.75) is 26.8 Å². The Morgan fingerprint density at radius 2 is 1.71 bits per heavy atom. The Kier molecular flexibility index (Phi) is 4.09. The van der Waals surface area contributed by atoms with E-state index >= 15 is 0 Å². The Balaban J connectivity index is 2.65. The van der Waals surface area contributed by atoms with E-state index < -0.39 is 18.0 Å². The average Bonchev–Trinajstić information content (AvgIpc) is 2.14. The number of anilines is 1. The lowest BCUT2D eigenvalue weighted by Gasteiger charge is -2.11. The molecule has 0 radical (unpaired) electrons. The van der Waals surface area contributed by atoms with Crippen LogP contribution in [0.25, 0.3) is 0 Å². The number of aliphatic carboxylic acids is 1. The second-order valence-electron chi connectivity index (χ2n) is 4.03. The molecule has 1 rings (SSSR count). The van der Waals surface area contributed by atoms with Crippen molar-refractivity contribution in [2.24, 2.45) is 0 Å². The van der Waals surface area contributed by atoms with Crippen LogP contribution in [0.15, 0.2) is 18.2 Å². The fraction of sp³-hybridized carbons (Fsp3) is 0.333. The SMILES string of the molecule is Cc1cc(C)cc(NC(=O)NC(C)C(=O)O)c1. The number of rotatable bonds is 3. The van der Waals surface area contributed by atoms with Gasteiger partial charge in [0.05, 0.1) is 0 Å². The number of carbonyl (C=O) groups excluding carboxylic acids is 1. The minimum Gasteiger partial charge on any atom is -0.480 e. The number of carbonyl (C=O) groups is 2. The summed E-state index contributed by atoms with van der Waals surface area (Å²) in [7, 11) is 0. The third-order valence-electron chi connectivity index (χ3n) is 2.20. The summed E-state index contributed by atoms with van der Waals surface area (Å²) in [5.74, 6) is -1.07. The van der Waals surface area contributed by atoms with Gasteiger partial charge in [-0.2, -0.15) is 0 Å². The van der Waals surface area contributed by atoms with Gasteiger partial charge >= 0.3 is 12.0 Å². The molecule has 0 aliphatic carbocycles. The summed E-state index contributed by atoms with van der Waals surface area (Å²) in [6.45, 7) is 5.26. The minimum absolute atomic E-state index is 0.523. The van der Waals surface area contributed by atoms with Crippen LogP contribution >= 0.6 is 0 Å². The molecule has 1 unspecified atom stereocenters. The number of hydrogen-bond donors (Lipinski definition) is 3. The number of amides is 2. The first-order valence-corrected chi connectivity index (χ1v) is 5.27. The summed E-state index contributed by atoms with van der Waals surface area (Å²) >= 11 is 0. The number of carboxylic acid groups (broad SMARTS) is 1. The van der Waals surface area contributed by atoms with Crippen LogP contribution in [0.2, 0.25) is 0 Å². The standard InChI is InChI=1S/C12H16N2O3/c1-7-4-8(2)6-10(5-7)14-12(17)13-9(3)11(15)16/h4-6,9H,1-3H3,(H,15,16)(H2,13,14,17). The van der Waals surface area contributed by atoms with Gasteiger partial charge in [-0.15, -0.1) is 0 Å². The van der Waals surface area contributed by atoms with E-state index in [1.54, 1.807) is 0 Å². The van der Waals surface area contributed by atoms with Crippen LogP contribution < -0.4 is 10.6 Å². The molecule has 3 N–H and O–H groups in total. The Morgan fingerprint density at radius 3 is 2.18 bits per heavy atom. The van der Waals surface area contributed by atoms with Crippen LogP contribution in [-0.4, -0.2) is 23.1 Å². The summed E-state index contributed by atoms with van der Waals surface area (Å²) < 4.78 is 0. The summed E-state index contributed by atoms with van der Waals surface area (Å²) in [4.78, 5) is 22.0. The highest BCUT2D eigenvalue weighted by Crippen LogP contribution is 2.13. The van der Waals surface area contributed by atoms with Gasteiger partial charge in [-0.1, -0.05) is 6.07 Å². The van der Waals surface area contributed by atoms with Crippen LogP contribution in [0.4, 0.5) is 10.5 Å². The first-order valence-electron chi connectivity index (χ1n) is 5.27. The molecule has 0 saturated heterocycles. The highest BCUT2D eigenvalue weighted by Gasteiger charge is 2.13. The number of carboxylic acids is 1. The van der Waals surface area contributed by atoms with E-state index in [0.29, 0.717) is 5.69 Å². The van der Waals surface area contributed by atoms with Gasteiger partial charge in [-0.3, -0.25) is 4.79 Å². The fourth-order valence-electron chi connectivity index (χ4n) is 1.47. The molecule has 1 aromatic carbocycles. The van der Waals surface area contributed by atoms with E-state index in [4.69, 9.17) is 5.11 Å². The molecule has 0 aliphatic rings. The Morgan fingerprint density at radius 1 is 1.18 bits per heavy atom. The first-order chi connectivity index (χ1) is 7.88. The number of aryl methyl sites for hydroxylation is 2. The van der Waals surface area contributed by atoms with Crippen molar-refractivity contribution in [3.05, 3.63) is 29.3 Å². The molecule has 0 aliphatic heterocycles. The van der Waals surface area contributed by atoms with Crippen LogP contribution in [0.3, 0.4) is 0 Å². The molecule has 92 valence electrons. The highest BCUT2D eigenvalue weighted by atomic mass is 16.4. The minimum atomic E-state index is -1.07. The second-order valence-corrected chi connectivity index (χ2v) is 4.03. The molecule has 5 nitrogen and oxygen atoms in total. The Hall–Kier alpha value is -2.04. The van der Waals surface area contributed by atoms with Gasteiger partial charge in [0.1, 0.15) is 6.04 Å². The smallest absolute Gasteiger partial charge is 0.325 e. The number of hydrogen-bond acceptors (Lipinski definition) is 2. The summed E-state index contributed by atoms with van der Waals surface area (Å²) in [5.41, 5.74) is 2.72. The van der Waals surface area contributed by atoms with Crippen LogP contribution in [0.1, 0.15) is 18.1 Å². The van der Waals surface area contributed by atoms with E-state index in [2.05, 4.69) is 10.6 Å². The zero-order valence-electron chi connectivity index (χ0n) is 10.1. The molecule has 0 fully saturated rings. The largest absolute Gasteiger partial charge is 0.480 e.